The minimum Gasteiger partial charge on any atom is -0.399 e. The lowest BCUT2D eigenvalue weighted by Gasteiger charge is -2.12. The van der Waals surface area contributed by atoms with Crippen LogP contribution in [0.3, 0.4) is 0 Å². The van der Waals surface area contributed by atoms with E-state index in [0.717, 1.165) is 22.3 Å². The fourth-order valence-electron chi connectivity index (χ4n) is 2.78. The van der Waals surface area contributed by atoms with E-state index in [1.807, 2.05) is 50.3 Å². The summed E-state index contributed by atoms with van der Waals surface area (Å²) < 4.78 is 13.9. The van der Waals surface area contributed by atoms with Crippen molar-refractivity contribution < 1.29 is 9.23 Å². The number of nitrogens with zero attached hydrogens (tertiary/aromatic N) is 2. The molecule has 0 aliphatic carbocycles. The molecule has 3 rings (SSSR count). The molecule has 0 N–H and O–H groups in total. The smallest absolute Gasteiger partial charge is 0.149 e. The average Bonchev–Trinajstić information content (AvgIpc) is 2.61. The molecule has 2 aromatic carbocycles. The van der Waals surface area contributed by atoms with Crippen molar-refractivity contribution in [2.24, 2.45) is 5.16 Å². The van der Waals surface area contributed by atoms with Crippen molar-refractivity contribution in [2.75, 3.05) is 7.11 Å². The number of aromatic nitrogens is 1. The van der Waals surface area contributed by atoms with Crippen LogP contribution in [0.25, 0.3) is 17.0 Å². The molecule has 3 aromatic rings. The van der Waals surface area contributed by atoms with Gasteiger partial charge < -0.3 is 4.84 Å². The summed E-state index contributed by atoms with van der Waals surface area (Å²) >= 11 is 6.42. The van der Waals surface area contributed by atoms with Crippen molar-refractivity contribution in [2.45, 2.75) is 13.8 Å². The minimum atomic E-state index is -0.354. The van der Waals surface area contributed by atoms with Gasteiger partial charge in [0, 0.05) is 33.3 Å². The molecular weight excluding hydrogens is 351 g/mol. The van der Waals surface area contributed by atoms with Crippen molar-refractivity contribution in [3.05, 3.63) is 81.8 Å². The van der Waals surface area contributed by atoms with Gasteiger partial charge >= 0.3 is 0 Å². The van der Waals surface area contributed by atoms with Crippen LogP contribution in [0, 0.1) is 5.82 Å². The third-order valence-electron chi connectivity index (χ3n) is 3.86. The van der Waals surface area contributed by atoms with Gasteiger partial charge in [-0.1, -0.05) is 52.7 Å². The van der Waals surface area contributed by atoms with Gasteiger partial charge in [0.15, 0.2) is 0 Å². The van der Waals surface area contributed by atoms with Gasteiger partial charge in [-0.3, -0.25) is 4.98 Å². The molecule has 0 unspecified atom stereocenters. The molecule has 1 heterocycles. The molecule has 0 aliphatic rings. The number of pyridine rings is 1. The van der Waals surface area contributed by atoms with Crippen LogP contribution in [0.4, 0.5) is 4.39 Å². The highest BCUT2D eigenvalue weighted by Gasteiger charge is 2.15. The molecule has 1 aromatic heterocycles. The summed E-state index contributed by atoms with van der Waals surface area (Å²) in [6, 6.07) is 12.3. The van der Waals surface area contributed by atoms with Crippen molar-refractivity contribution in [3.8, 4) is 0 Å². The normalized spacial score (nSPS) is 11.5. The summed E-state index contributed by atoms with van der Waals surface area (Å²) in [6.45, 7) is 4.00. The maximum Gasteiger partial charge on any atom is 0.149 e. The Kier molecular flexibility index (Phi) is 5.33. The van der Waals surface area contributed by atoms with Crippen molar-refractivity contribution in [3.63, 3.8) is 0 Å². The topological polar surface area (TPSA) is 34.5 Å². The Morgan fingerprint density at radius 3 is 2.69 bits per heavy atom. The van der Waals surface area contributed by atoms with Gasteiger partial charge in [-0.15, -0.1) is 0 Å². The number of hydrogen-bond donors (Lipinski definition) is 0. The highest BCUT2D eigenvalue weighted by molar-refractivity contribution is 6.33. The molecule has 5 heteroatoms. The zero-order chi connectivity index (χ0) is 18.7. The van der Waals surface area contributed by atoms with Crippen LogP contribution in [-0.4, -0.2) is 17.8 Å². The average molecular weight is 369 g/mol. The van der Waals surface area contributed by atoms with Crippen LogP contribution in [0.15, 0.2) is 59.4 Å². The molecule has 0 amide bonds. The van der Waals surface area contributed by atoms with Crippen LogP contribution in [-0.2, 0) is 4.84 Å². The van der Waals surface area contributed by atoms with E-state index in [0.29, 0.717) is 21.6 Å². The van der Waals surface area contributed by atoms with E-state index in [9.17, 15) is 4.39 Å². The number of rotatable bonds is 4. The van der Waals surface area contributed by atoms with Crippen LogP contribution in [0.1, 0.15) is 30.5 Å². The lowest BCUT2D eigenvalue weighted by molar-refractivity contribution is 0.214. The third kappa shape index (κ3) is 3.60. The molecule has 132 valence electrons. The van der Waals surface area contributed by atoms with Crippen molar-refractivity contribution >= 4 is 34.3 Å². The van der Waals surface area contributed by atoms with Crippen LogP contribution >= 0.6 is 11.6 Å². The van der Waals surface area contributed by atoms with E-state index in [2.05, 4.69) is 10.1 Å². The molecule has 0 saturated carbocycles. The fraction of sp³-hybridized carbons (Fsp3) is 0.143. The lowest BCUT2D eigenvalue weighted by atomic mass is 9.96. The van der Waals surface area contributed by atoms with E-state index in [1.165, 1.54) is 13.2 Å². The van der Waals surface area contributed by atoms with Gasteiger partial charge in [-0.25, -0.2) is 4.39 Å². The molecule has 0 aliphatic heterocycles. The molecule has 0 fully saturated rings. The maximum atomic E-state index is 13.9. The fourth-order valence-corrected chi connectivity index (χ4v) is 3.01. The second-order valence-electron chi connectivity index (χ2n) is 6.08. The number of allylic oxidation sites excluding steroid dienone is 1. The molecule has 3 nitrogen and oxygen atoms in total. The van der Waals surface area contributed by atoms with E-state index in [4.69, 9.17) is 16.4 Å². The van der Waals surface area contributed by atoms with Gasteiger partial charge in [0.2, 0.25) is 0 Å². The molecule has 0 saturated heterocycles. The number of oxime groups is 1. The van der Waals surface area contributed by atoms with Gasteiger partial charge in [-0.2, -0.15) is 0 Å². The van der Waals surface area contributed by atoms with E-state index >= 15 is 0 Å². The van der Waals surface area contributed by atoms with Gasteiger partial charge in [0.1, 0.15) is 24.2 Å². The summed E-state index contributed by atoms with van der Waals surface area (Å²) in [5, 5.41) is 5.51. The second-order valence-corrected chi connectivity index (χ2v) is 6.49. The van der Waals surface area contributed by atoms with Crippen molar-refractivity contribution in [1.29, 1.82) is 0 Å². The van der Waals surface area contributed by atoms with Gasteiger partial charge in [-0.05, 0) is 32.0 Å². The third-order valence-corrected chi connectivity index (χ3v) is 4.19. The number of halogens is 2. The molecule has 0 radical (unpaired) electrons. The molecular formula is C21H18ClFN2O. The van der Waals surface area contributed by atoms with Crippen LogP contribution in [0.5, 0.6) is 0 Å². The number of benzene rings is 2. The van der Waals surface area contributed by atoms with Crippen LogP contribution in [0.2, 0.25) is 5.02 Å². The molecule has 0 atom stereocenters. The largest absolute Gasteiger partial charge is 0.399 e. The zero-order valence-corrected chi connectivity index (χ0v) is 15.5. The number of para-hydroxylation sites is 1. The van der Waals surface area contributed by atoms with Gasteiger partial charge in [0.05, 0.1) is 0 Å². The summed E-state index contributed by atoms with van der Waals surface area (Å²) in [5.41, 5.74) is 4.40. The molecule has 0 bridgehead atoms. The molecule has 0 spiro atoms. The highest BCUT2D eigenvalue weighted by atomic mass is 35.5. The number of fused-ring (bicyclic) bond motifs is 1. The first kappa shape index (κ1) is 18.1. The van der Waals surface area contributed by atoms with E-state index in [1.54, 1.807) is 12.3 Å². The van der Waals surface area contributed by atoms with E-state index < -0.39 is 0 Å². The van der Waals surface area contributed by atoms with Crippen molar-refractivity contribution in [1.82, 2.24) is 4.98 Å². The Morgan fingerprint density at radius 1 is 1.19 bits per heavy atom. The lowest BCUT2D eigenvalue weighted by Crippen LogP contribution is -2.07. The monoisotopic (exact) mass is 368 g/mol. The SMILES string of the molecule is CON=C(c1cnc2c(F)cccc2c1)c1cccc(Cl)c1C=C(C)C. The predicted octanol–water partition coefficient (Wildman–Crippen LogP) is 5.85. The summed E-state index contributed by atoms with van der Waals surface area (Å²) in [7, 11) is 1.49. The Morgan fingerprint density at radius 2 is 1.96 bits per heavy atom. The van der Waals surface area contributed by atoms with Gasteiger partial charge in [0.25, 0.3) is 0 Å². The molecule has 26 heavy (non-hydrogen) atoms. The van der Waals surface area contributed by atoms with E-state index in [-0.39, 0.29) is 5.82 Å². The Labute approximate surface area is 156 Å². The first-order valence-corrected chi connectivity index (χ1v) is 8.48. The predicted molar refractivity (Wildman–Crippen MR) is 105 cm³/mol. The first-order chi connectivity index (χ1) is 12.5. The Bertz CT molecular complexity index is 1020. The van der Waals surface area contributed by atoms with Crippen LogP contribution < -0.4 is 0 Å². The highest BCUT2D eigenvalue weighted by Crippen LogP contribution is 2.27. The standard InChI is InChI=1S/C21H18ClFN2O/c1-13(2)10-17-16(7-5-8-18(17)22)20(25-26-3)15-11-14-6-4-9-19(23)21(14)24-12-15/h4-12H,1-3H3. The second kappa shape index (κ2) is 7.67. The number of hydrogen-bond acceptors (Lipinski definition) is 3. The summed E-state index contributed by atoms with van der Waals surface area (Å²) in [6.07, 6.45) is 3.59. The first-order valence-electron chi connectivity index (χ1n) is 8.11. The minimum absolute atomic E-state index is 0.323. The summed E-state index contributed by atoms with van der Waals surface area (Å²) in [4.78, 5) is 9.33. The maximum absolute atomic E-state index is 13.9. The quantitative estimate of drug-likeness (QED) is 0.427. The zero-order valence-electron chi connectivity index (χ0n) is 14.8. The summed E-state index contributed by atoms with van der Waals surface area (Å²) in [5.74, 6) is -0.354. The Balaban J connectivity index is 2.23. The Hall–Kier alpha value is -2.72.